The number of sulfone groups is 1. The van der Waals surface area contributed by atoms with Crippen LogP contribution in [-0.2, 0) is 23.0 Å². The summed E-state index contributed by atoms with van der Waals surface area (Å²) < 4.78 is 28.5. The van der Waals surface area contributed by atoms with E-state index < -0.39 is 9.84 Å². The van der Waals surface area contributed by atoms with Gasteiger partial charge in [0.05, 0.1) is 11.5 Å². The fraction of sp³-hybridized carbons (Fsp3) is 0.250. The van der Waals surface area contributed by atoms with Crippen LogP contribution in [0.3, 0.4) is 0 Å². The van der Waals surface area contributed by atoms with Gasteiger partial charge in [0.15, 0.2) is 0 Å². The molecule has 136 valence electrons. The maximum Gasteiger partial charge on any atom is 0.222 e. The van der Waals surface area contributed by atoms with E-state index in [4.69, 9.17) is 0 Å². The third-order valence-corrected chi connectivity index (χ3v) is 6.16. The topological polar surface area (TPSA) is 72.2 Å². The Labute approximate surface area is 153 Å². The summed E-state index contributed by atoms with van der Waals surface area (Å²) in [5.41, 5.74) is 2.26. The average Bonchev–Trinajstić information content (AvgIpc) is 3.02. The van der Waals surface area contributed by atoms with E-state index in [1.165, 1.54) is 0 Å². The SMILES string of the molecule is CC(C)c1c(CO)cn(Cc2ccncc2)c1S(=O)(=O)c1ccccc1. The van der Waals surface area contributed by atoms with E-state index in [2.05, 4.69) is 4.98 Å². The van der Waals surface area contributed by atoms with Crippen molar-refractivity contribution in [1.82, 2.24) is 9.55 Å². The molecule has 0 aliphatic rings. The van der Waals surface area contributed by atoms with Gasteiger partial charge in [-0.3, -0.25) is 4.98 Å². The maximum absolute atomic E-state index is 13.4. The predicted molar refractivity (Wildman–Crippen MR) is 99.7 cm³/mol. The lowest BCUT2D eigenvalue weighted by molar-refractivity contribution is 0.280. The summed E-state index contributed by atoms with van der Waals surface area (Å²) in [6.07, 6.45) is 5.10. The lowest BCUT2D eigenvalue weighted by Gasteiger charge is -2.15. The van der Waals surface area contributed by atoms with Crippen LogP contribution in [0.2, 0.25) is 0 Å². The number of rotatable bonds is 6. The van der Waals surface area contributed by atoms with Gasteiger partial charge in [-0.2, -0.15) is 0 Å². The van der Waals surface area contributed by atoms with Crippen LogP contribution in [0.5, 0.6) is 0 Å². The second kappa shape index (κ2) is 7.43. The zero-order valence-corrected chi connectivity index (χ0v) is 15.6. The summed E-state index contributed by atoms with van der Waals surface area (Å²) in [7, 11) is -3.72. The summed E-state index contributed by atoms with van der Waals surface area (Å²) in [5.74, 6) is -0.0377. The minimum Gasteiger partial charge on any atom is -0.392 e. The van der Waals surface area contributed by atoms with Gasteiger partial charge in [0.25, 0.3) is 0 Å². The molecular weight excluding hydrogens is 348 g/mol. The Morgan fingerprint density at radius 1 is 1.08 bits per heavy atom. The molecule has 3 rings (SSSR count). The van der Waals surface area contributed by atoms with Gasteiger partial charge in [-0.25, -0.2) is 8.42 Å². The third kappa shape index (κ3) is 3.43. The highest BCUT2D eigenvalue weighted by Gasteiger charge is 2.29. The molecule has 0 saturated carbocycles. The molecule has 3 aromatic rings. The Hall–Kier alpha value is -2.44. The molecule has 26 heavy (non-hydrogen) atoms. The smallest absolute Gasteiger partial charge is 0.222 e. The number of pyridine rings is 1. The Morgan fingerprint density at radius 2 is 1.73 bits per heavy atom. The monoisotopic (exact) mass is 370 g/mol. The van der Waals surface area contributed by atoms with Crippen LogP contribution < -0.4 is 0 Å². The van der Waals surface area contributed by atoms with E-state index in [-0.39, 0.29) is 22.4 Å². The second-order valence-corrected chi connectivity index (χ2v) is 8.35. The van der Waals surface area contributed by atoms with E-state index in [9.17, 15) is 13.5 Å². The fourth-order valence-electron chi connectivity index (χ4n) is 3.16. The summed E-state index contributed by atoms with van der Waals surface area (Å²) in [6, 6.07) is 12.1. The quantitative estimate of drug-likeness (QED) is 0.722. The van der Waals surface area contributed by atoms with E-state index in [0.717, 1.165) is 5.56 Å². The molecule has 0 atom stereocenters. The van der Waals surface area contributed by atoms with Crippen LogP contribution in [-0.4, -0.2) is 23.1 Å². The highest BCUT2D eigenvalue weighted by atomic mass is 32.2. The number of hydrogen-bond acceptors (Lipinski definition) is 4. The first kappa shape index (κ1) is 18.4. The van der Waals surface area contributed by atoms with Crippen LogP contribution >= 0.6 is 0 Å². The molecule has 0 bridgehead atoms. The minimum atomic E-state index is -3.72. The van der Waals surface area contributed by atoms with Gasteiger partial charge in [-0.15, -0.1) is 0 Å². The van der Waals surface area contributed by atoms with Gasteiger partial charge in [-0.05, 0) is 46.9 Å². The van der Waals surface area contributed by atoms with E-state index in [0.29, 0.717) is 17.7 Å². The minimum absolute atomic E-state index is 0.0377. The van der Waals surface area contributed by atoms with Crippen molar-refractivity contribution in [2.75, 3.05) is 0 Å². The number of aliphatic hydroxyl groups excluding tert-OH is 1. The lowest BCUT2D eigenvalue weighted by atomic mass is 10.0. The van der Waals surface area contributed by atoms with Crippen LogP contribution in [0.1, 0.15) is 36.5 Å². The molecule has 6 heteroatoms. The highest BCUT2D eigenvalue weighted by molar-refractivity contribution is 7.91. The molecule has 2 aromatic heterocycles. The first-order chi connectivity index (χ1) is 12.4. The van der Waals surface area contributed by atoms with Gasteiger partial charge in [0.1, 0.15) is 5.03 Å². The zero-order valence-electron chi connectivity index (χ0n) is 14.8. The van der Waals surface area contributed by atoms with Crippen LogP contribution in [0.25, 0.3) is 0 Å². The van der Waals surface area contributed by atoms with Crippen molar-refractivity contribution in [2.45, 2.75) is 42.8 Å². The van der Waals surface area contributed by atoms with Crippen molar-refractivity contribution in [2.24, 2.45) is 0 Å². The van der Waals surface area contributed by atoms with Crippen molar-refractivity contribution in [1.29, 1.82) is 0 Å². The third-order valence-electron chi connectivity index (χ3n) is 4.31. The molecule has 2 heterocycles. The average molecular weight is 370 g/mol. The fourth-order valence-corrected chi connectivity index (χ4v) is 4.99. The molecule has 0 spiro atoms. The van der Waals surface area contributed by atoms with Crippen molar-refractivity contribution in [3.05, 3.63) is 77.7 Å². The number of hydrogen-bond donors (Lipinski definition) is 1. The van der Waals surface area contributed by atoms with Crippen molar-refractivity contribution < 1.29 is 13.5 Å². The first-order valence-corrected chi connectivity index (χ1v) is 9.95. The second-order valence-electron chi connectivity index (χ2n) is 6.49. The summed E-state index contributed by atoms with van der Waals surface area (Å²) in [4.78, 5) is 4.26. The molecule has 1 N–H and O–H groups in total. The Bertz CT molecular complexity index is 979. The van der Waals surface area contributed by atoms with Crippen molar-refractivity contribution in [3.63, 3.8) is 0 Å². The number of aliphatic hydroxyl groups is 1. The summed E-state index contributed by atoms with van der Waals surface area (Å²) in [6.45, 7) is 4.07. The first-order valence-electron chi connectivity index (χ1n) is 8.47. The van der Waals surface area contributed by atoms with Gasteiger partial charge in [0, 0.05) is 25.1 Å². The molecule has 0 unspecified atom stereocenters. The lowest BCUT2D eigenvalue weighted by Crippen LogP contribution is -2.13. The molecule has 0 aliphatic heterocycles. The molecule has 1 aromatic carbocycles. The molecule has 0 amide bonds. The standard InChI is InChI=1S/C20H22N2O3S/c1-15(2)19-17(14-23)13-22(12-16-8-10-21-11-9-16)20(19)26(24,25)18-6-4-3-5-7-18/h3-11,13,15,23H,12,14H2,1-2H3. The van der Waals surface area contributed by atoms with Gasteiger partial charge >= 0.3 is 0 Å². The normalized spacial score (nSPS) is 11.8. The Kier molecular flexibility index (Phi) is 5.25. The molecular formula is C20H22N2O3S. The van der Waals surface area contributed by atoms with Gasteiger partial charge in [-0.1, -0.05) is 32.0 Å². The Morgan fingerprint density at radius 3 is 2.31 bits per heavy atom. The van der Waals surface area contributed by atoms with Crippen LogP contribution in [0.4, 0.5) is 0 Å². The Balaban J connectivity index is 2.23. The van der Waals surface area contributed by atoms with Crippen molar-refractivity contribution >= 4 is 9.84 Å². The van der Waals surface area contributed by atoms with E-state index in [1.807, 2.05) is 26.0 Å². The van der Waals surface area contributed by atoms with Crippen LogP contribution in [0, 0.1) is 0 Å². The van der Waals surface area contributed by atoms with Gasteiger partial charge < -0.3 is 9.67 Å². The zero-order chi connectivity index (χ0) is 18.7. The van der Waals surface area contributed by atoms with Crippen LogP contribution in [0.15, 0.2) is 71.0 Å². The maximum atomic E-state index is 13.4. The largest absolute Gasteiger partial charge is 0.392 e. The predicted octanol–water partition coefficient (Wildman–Crippen LogP) is 3.38. The molecule has 0 aliphatic carbocycles. The molecule has 0 radical (unpaired) electrons. The molecule has 0 saturated heterocycles. The number of nitrogens with zero attached hydrogens (tertiary/aromatic N) is 2. The molecule has 5 nitrogen and oxygen atoms in total. The number of aromatic nitrogens is 2. The van der Waals surface area contributed by atoms with E-state index in [1.54, 1.807) is 53.5 Å². The van der Waals surface area contributed by atoms with E-state index >= 15 is 0 Å². The van der Waals surface area contributed by atoms with Crippen molar-refractivity contribution in [3.8, 4) is 0 Å². The highest BCUT2D eigenvalue weighted by Crippen LogP contribution is 2.33. The summed E-state index contributed by atoms with van der Waals surface area (Å²) >= 11 is 0. The summed E-state index contributed by atoms with van der Waals surface area (Å²) in [5, 5.41) is 10.0. The number of benzene rings is 1. The molecule has 0 fully saturated rings. The van der Waals surface area contributed by atoms with Gasteiger partial charge in [0.2, 0.25) is 9.84 Å².